The molecule has 2 nitrogen and oxygen atoms in total. The molecule has 0 radical (unpaired) electrons. The van der Waals surface area contributed by atoms with E-state index in [0.29, 0.717) is 16.6 Å². The predicted octanol–water partition coefficient (Wildman–Crippen LogP) is 33.6. The first kappa shape index (κ1) is 93.2. The third-order valence-corrected chi connectivity index (χ3v) is 35.3. The van der Waals surface area contributed by atoms with Crippen LogP contribution in [0.1, 0.15) is 387 Å². The molecule has 0 aromatic heterocycles. The van der Waals surface area contributed by atoms with Crippen molar-refractivity contribution in [3.8, 4) is 56.0 Å². The summed E-state index contributed by atoms with van der Waals surface area (Å²) in [7, 11) is -0.351. The maximum Gasteiger partial charge on any atom is 0.161 e. The van der Waals surface area contributed by atoms with Crippen LogP contribution in [-0.2, 0) is 86.3 Å². The summed E-state index contributed by atoms with van der Waals surface area (Å²) in [6.45, 7) is 89.5. The number of hydrogen-bond acceptors (Lipinski definition) is 2. The molecule has 6 aliphatic rings. The second-order valence-electron chi connectivity index (χ2n) is 49.4. The van der Waals surface area contributed by atoms with E-state index in [4.69, 9.17) is 20.6 Å². The molecule has 121 heavy (non-hydrogen) atoms. The fourth-order valence-electron chi connectivity index (χ4n) is 21.2. The summed E-state index contributed by atoms with van der Waals surface area (Å²) in [6, 6.07) is 39.7. The lowest BCUT2D eigenvalue weighted by Gasteiger charge is -2.40. The van der Waals surface area contributed by atoms with Crippen molar-refractivity contribution in [1.29, 1.82) is 0 Å². The minimum atomic E-state index is -2.20. The van der Waals surface area contributed by atoms with Crippen LogP contribution in [-0.4, -0.2) is 29.7 Å². The molecule has 0 saturated carbocycles. The zero-order valence-electron chi connectivity index (χ0n) is 83.4. The van der Waals surface area contributed by atoms with Gasteiger partial charge in [0.25, 0.3) is 0 Å². The highest BCUT2D eigenvalue weighted by atomic mass is 35.6. The third kappa shape index (κ3) is 18.4. The van der Waals surface area contributed by atoms with Crippen LogP contribution in [0.25, 0.3) is 68.8 Å². The number of methoxy groups -OCH3 is 2. The molecule has 6 aliphatic carbocycles. The van der Waals surface area contributed by atoms with Gasteiger partial charge in [-0.2, -0.15) is 11.1 Å². The van der Waals surface area contributed by atoms with E-state index in [-0.39, 0.29) is 54.1 Å². The molecule has 3 unspecified atom stereocenters. The zero-order chi connectivity index (χ0) is 90.0. The smallest absolute Gasteiger partial charge is 0.161 e. The van der Waals surface area contributed by atoms with Gasteiger partial charge in [0.1, 0.15) is 11.5 Å². The van der Waals surface area contributed by atoms with Gasteiger partial charge in [-0.05, 0) is 278 Å². The van der Waals surface area contributed by atoms with Crippen molar-refractivity contribution in [2.45, 2.75) is 377 Å². The monoisotopic (exact) mass is 1670 g/mol. The molecule has 648 valence electrons. The minimum absolute atomic E-state index is 0.00789. The Kier molecular flexibility index (Phi) is 24.5. The van der Waals surface area contributed by atoms with Crippen molar-refractivity contribution in [3.05, 3.63) is 242 Å². The summed E-state index contributed by atoms with van der Waals surface area (Å²) in [5.41, 5.74) is 50.5. The van der Waals surface area contributed by atoms with Crippen LogP contribution in [0.15, 0.2) is 119 Å². The van der Waals surface area contributed by atoms with Gasteiger partial charge in [-0.1, -0.05) is 371 Å². The Labute approximate surface area is 744 Å². The molecule has 0 bridgehead atoms. The summed E-state index contributed by atoms with van der Waals surface area (Å²) in [5, 5.41) is 0. The summed E-state index contributed by atoms with van der Waals surface area (Å²) >= 11 is 7.08. The van der Waals surface area contributed by atoms with E-state index in [9.17, 15) is 0 Å². The van der Waals surface area contributed by atoms with Gasteiger partial charge in [-0.3, -0.25) is 0 Å². The number of benzene rings is 8. The lowest BCUT2D eigenvalue weighted by atomic mass is 9.77. The highest BCUT2D eigenvalue weighted by Gasteiger charge is 2.50. The van der Waals surface area contributed by atoms with Crippen LogP contribution >= 0.6 is 11.1 Å². The molecule has 0 saturated heterocycles. The maximum absolute atomic E-state index is 7.08. The van der Waals surface area contributed by atoms with Crippen LogP contribution in [0.5, 0.6) is 11.5 Å². The van der Waals surface area contributed by atoms with E-state index in [1.165, 1.54) is 194 Å². The van der Waals surface area contributed by atoms with Gasteiger partial charge < -0.3 is 9.47 Å². The molecule has 0 N–H and O–H groups in total. The first-order valence-corrected chi connectivity index (χ1v) is 53.4. The summed E-state index contributed by atoms with van der Waals surface area (Å²) in [6.07, 6.45) is 18.3. The largest absolute Gasteiger partial charge is 0.496 e. The third-order valence-electron chi connectivity index (χ3n) is 28.0. The van der Waals surface area contributed by atoms with Gasteiger partial charge in [0.15, 0.2) is 7.38 Å². The van der Waals surface area contributed by atoms with Crippen LogP contribution in [0.3, 0.4) is 0 Å². The van der Waals surface area contributed by atoms with E-state index in [1.54, 1.807) is 33.4 Å². The lowest BCUT2D eigenvalue weighted by molar-refractivity contribution is 0.398. The van der Waals surface area contributed by atoms with Crippen LogP contribution < -0.4 is 9.47 Å². The van der Waals surface area contributed by atoms with E-state index in [2.05, 4.69) is 383 Å². The minimum Gasteiger partial charge on any atom is -0.496 e. The lowest BCUT2D eigenvalue weighted by Crippen LogP contribution is -2.42. The predicted molar refractivity (Wildman–Crippen MR) is 539 cm³/mol. The second kappa shape index (κ2) is 31.9. The standard InChI is InChI=1S/C58H78OSi.C29H39ClSi.C29H40O/c1-34-24-44-46(30-36-22-21-23-43(36)49(44)37-26-39(54(3,4)5)31-40(27-37)55(6,7)8)52(34)60(19,20)53-35(2)25-45-47(53)33-48(58(15,16)17)51(59-18)50(45)38-28-41(56(9,10)11)32-42(29-38)57(12,13)14;1-18-13-24-25(27(18)31(8,9)30)16-19-11-10-12-23(19)26(24)20-14-21(28(2,3)4)17-22(15-20)29(5,6)7;1-18-12-19-16-24(29(8,9)10)26(30-11)25(23(19)13-18)20-14-21(27(2,3)4)17-22(15-20)28(5,6)7/h24-33,52-53H,21-23H2,1-20H3;13-17,27H,10-12H2,1-9H3;12,14-17H,13H2,1-11H3. The molecular formula is C116H157ClO2Si2. The van der Waals surface area contributed by atoms with Gasteiger partial charge in [-0.15, -0.1) is 0 Å². The molecule has 0 amide bonds. The molecule has 3 atom stereocenters. The molecule has 8 aromatic rings. The van der Waals surface area contributed by atoms with Crippen molar-refractivity contribution in [3.63, 3.8) is 0 Å². The highest BCUT2D eigenvalue weighted by Crippen LogP contribution is 2.60. The number of hydrogen-bond donors (Lipinski definition) is 0. The Balaban J connectivity index is 0.000000184. The highest BCUT2D eigenvalue weighted by molar-refractivity contribution is 7.20. The normalized spacial score (nSPS) is 17.5. The van der Waals surface area contributed by atoms with Crippen molar-refractivity contribution in [1.82, 2.24) is 0 Å². The van der Waals surface area contributed by atoms with Crippen molar-refractivity contribution < 1.29 is 9.47 Å². The van der Waals surface area contributed by atoms with Gasteiger partial charge in [0.2, 0.25) is 0 Å². The number of aryl methyl sites for hydroxylation is 2. The first-order chi connectivity index (χ1) is 55.2. The number of fused-ring (bicyclic) bond motifs is 6. The van der Waals surface area contributed by atoms with Gasteiger partial charge in [0.05, 0.1) is 22.3 Å². The zero-order valence-corrected chi connectivity index (χ0v) is 86.2. The first-order valence-electron chi connectivity index (χ1n) is 46.2. The van der Waals surface area contributed by atoms with E-state index in [0.717, 1.165) is 17.9 Å². The number of halogens is 1. The average Bonchev–Trinajstić information content (AvgIpc) is 1.56. The number of ether oxygens (including phenoxy) is 2. The van der Waals surface area contributed by atoms with E-state index >= 15 is 0 Å². The quantitative estimate of drug-likeness (QED) is 0.106. The van der Waals surface area contributed by atoms with Gasteiger partial charge >= 0.3 is 0 Å². The maximum atomic E-state index is 7.08. The summed E-state index contributed by atoms with van der Waals surface area (Å²) in [5.74, 6) is 2.07. The molecule has 8 aromatic carbocycles. The van der Waals surface area contributed by atoms with Crippen molar-refractivity contribution in [2.24, 2.45) is 0 Å². The Hall–Kier alpha value is -6.96. The fraction of sp³-hybridized carbons (Fsp3) is 0.517. The Bertz CT molecular complexity index is 5420. The Morgan fingerprint density at radius 2 is 0.570 bits per heavy atom. The van der Waals surface area contributed by atoms with Crippen LogP contribution in [0.2, 0.25) is 26.2 Å². The van der Waals surface area contributed by atoms with Crippen LogP contribution in [0, 0.1) is 0 Å². The molecule has 0 spiro atoms. The van der Waals surface area contributed by atoms with Gasteiger partial charge in [-0.25, -0.2) is 0 Å². The average molecular weight is 1680 g/mol. The van der Waals surface area contributed by atoms with E-state index < -0.39 is 15.5 Å². The molecule has 0 fully saturated rings. The summed E-state index contributed by atoms with van der Waals surface area (Å²) < 4.78 is 12.7. The van der Waals surface area contributed by atoms with E-state index in [1.807, 2.05) is 14.2 Å². The van der Waals surface area contributed by atoms with Crippen LogP contribution in [0.4, 0.5) is 0 Å². The van der Waals surface area contributed by atoms with Gasteiger partial charge in [0, 0.05) is 38.9 Å². The SMILES string of the molecule is CC1=Cc2c(cc3c(c2-c2cc(C(C)(C)C)cc(C(C)(C)C)c2)CCC3)C1[Si](C)(C)Cl.COc1c(C(C)(C)C)cc2c(c1-c1cc(C(C)(C)C)cc(C(C)(C)C)c1)C=C(C)C2[Si](C)(C)C1C(C)=Cc2c1cc1c(c2-c2cc(C(C)(C)C)cc(C(C)(C)C)c2)CCC1.COc1c(C(C)(C)C)cc2c(c1-c1cc(C(C)(C)C)cc(C(C)(C)C)c1)CC(C)=C2. The van der Waals surface area contributed by atoms with Crippen molar-refractivity contribution >= 4 is 50.8 Å². The molecule has 0 heterocycles. The second-order valence-corrected chi connectivity index (χ2v) is 60.9. The fourth-order valence-corrected chi connectivity index (χ4v) is 29.1. The topological polar surface area (TPSA) is 18.5 Å². The molecule has 0 aliphatic heterocycles. The molecule has 5 heteroatoms. The number of rotatable bonds is 9. The molecule has 14 rings (SSSR count). The Morgan fingerprint density at radius 1 is 0.298 bits per heavy atom. The molecular weight excluding hydrogens is 1520 g/mol. The van der Waals surface area contributed by atoms with Crippen molar-refractivity contribution in [2.75, 3.05) is 14.2 Å². The Morgan fingerprint density at radius 3 is 0.876 bits per heavy atom. The summed E-state index contributed by atoms with van der Waals surface area (Å²) in [4.78, 5) is 0. The number of allylic oxidation sites excluding steroid dienone is 4.